The molecule has 1 aromatic rings. The molecule has 5 heteroatoms. The van der Waals surface area contributed by atoms with Crippen LogP contribution in [0.4, 0.5) is 18.9 Å². The monoisotopic (exact) mass is 205 g/mol. The van der Waals surface area contributed by atoms with E-state index < -0.39 is 12.3 Å². The molecule has 0 aromatic heterocycles. The molecule has 78 valence electrons. The third-order valence-electron chi connectivity index (χ3n) is 1.68. The number of ether oxygens (including phenoxy) is 1. The first-order chi connectivity index (χ1) is 6.41. The van der Waals surface area contributed by atoms with Gasteiger partial charge in [-0.15, -0.1) is 0 Å². The zero-order chi connectivity index (χ0) is 10.8. The summed E-state index contributed by atoms with van der Waals surface area (Å²) >= 11 is 0. The molecule has 0 radical (unpaired) electrons. The van der Waals surface area contributed by atoms with Gasteiger partial charge in [0.25, 0.3) is 0 Å². The van der Waals surface area contributed by atoms with Gasteiger partial charge in [-0.2, -0.15) is 13.2 Å². The van der Waals surface area contributed by atoms with Crippen LogP contribution in [-0.2, 0) is 0 Å². The van der Waals surface area contributed by atoms with Crippen molar-refractivity contribution in [2.24, 2.45) is 0 Å². The molecule has 2 nitrogen and oxygen atoms in total. The molecule has 0 aliphatic carbocycles. The van der Waals surface area contributed by atoms with Crippen LogP contribution in [0.25, 0.3) is 0 Å². The molecule has 0 heterocycles. The summed E-state index contributed by atoms with van der Waals surface area (Å²) in [6.45, 7) is 0.937. The van der Waals surface area contributed by atoms with Crippen LogP contribution in [-0.4, -0.2) is 12.3 Å². The molecule has 0 amide bonds. The fraction of sp³-hybridized carbons (Fsp3) is 0.333. The summed E-state index contributed by atoms with van der Waals surface area (Å²) < 4.78 is 41.0. The molecule has 1 rings (SSSR count). The molecule has 0 bridgehead atoms. The van der Waals surface area contributed by atoms with E-state index in [1.54, 1.807) is 12.1 Å². The van der Waals surface area contributed by atoms with Gasteiger partial charge in [-0.05, 0) is 19.1 Å². The van der Waals surface area contributed by atoms with E-state index in [0.717, 1.165) is 6.92 Å². The van der Waals surface area contributed by atoms with Gasteiger partial charge in [-0.3, -0.25) is 0 Å². The summed E-state index contributed by atoms with van der Waals surface area (Å²) in [6.07, 6.45) is -6.23. The van der Waals surface area contributed by atoms with Gasteiger partial charge in [-0.25, -0.2) is 0 Å². The van der Waals surface area contributed by atoms with Gasteiger partial charge in [-0.1, -0.05) is 12.1 Å². The van der Waals surface area contributed by atoms with Crippen molar-refractivity contribution in [2.75, 3.05) is 5.73 Å². The Bertz CT molecular complexity index is 311. The normalized spacial score (nSPS) is 13.7. The molecular weight excluding hydrogens is 195 g/mol. The lowest BCUT2D eigenvalue weighted by atomic mass is 10.3. The van der Waals surface area contributed by atoms with Gasteiger partial charge in [0, 0.05) is 0 Å². The van der Waals surface area contributed by atoms with Gasteiger partial charge in [0.05, 0.1) is 5.69 Å². The van der Waals surface area contributed by atoms with Crippen molar-refractivity contribution in [3.8, 4) is 5.75 Å². The number of hydrogen-bond donors (Lipinski definition) is 1. The fourth-order valence-corrected chi connectivity index (χ4v) is 0.845. The Balaban J connectivity index is 2.75. The van der Waals surface area contributed by atoms with Crippen molar-refractivity contribution < 1.29 is 17.9 Å². The largest absolute Gasteiger partial charge is 0.479 e. The molecule has 0 fully saturated rings. The number of alkyl halides is 3. The van der Waals surface area contributed by atoms with E-state index in [-0.39, 0.29) is 11.4 Å². The van der Waals surface area contributed by atoms with Crippen molar-refractivity contribution >= 4 is 5.69 Å². The highest BCUT2D eigenvalue weighted by atomic mass is 19.4. The summed E-state index contributed by atoms with van der Waals surface area (Å²) in [5.41, 5.74) is 5.62. The SMILES string of the molecule is C[C@H](Oc1ccccc1N)C(F)(F)F. The van der Waals surface area contributed by atoms with Crippen molar-refractivity contribution in [1.29, 1.82) is 0 Å². The minimum atomic E-state index is -4.37. The van der Waals surface area contributed by atoms with Crippen LogP contribution in [0.15, 0.2) is 24.3 Å². The first kappa shape index (κ1) is 10.7. The number of hydrogen-bond acceptors (Lipinski definition) is 2. The summed E-state index contributed by atoms with van der Waals surface area (Å²) in [6, 6.07) is 6.07. The van der Waals surface area contributed by atoms with Gasteiger partial charge >= 0.3 is 6.18 Å². The van der Waals surface area contributed by atoms with Crippen molar-refractivity contribution in [3.05, 3.63) is 24.3 Å². The van der Waals surface area contributed by atoms with Crippen LogP contribution in [0.5, 0.6) is 5.75 Å². The molecule has 0 aliphatic heterocycles. The lowest BCUT2D eigenvalue weighted by Crippen LogP contribution is -2.31. The van der Waals surface area contributed by atoms with E-state index >= 15 is 0 Å². The highest BCUT2D eigenvalue weighted by Gasteiger charge is 2.38. The Kier molecular flexibility index (Phi) is 2.88. The molecular formula is C9H10F3NO. The van der Waals surface area contributed by atoms with E-state index in [4.69, 9.17) is 5.73 Å². The average Bonchev–Trinajstić information content (AvgIpc) is 2.07. The van der Waals surface area contributed by atoms with E-state index in [1.165, 1.54) is 12.1 Å². The van der Waals surface area contributed by atoms with Gasteiger partial charge in [0.2, 0.25) is 0 Å². The van der Waals surface area contributed by atoms with Crippen LogP contribution in [0.3, 0.4) is 0 Å². The Morgan fingerprint density at radius 1 is 1.29 bits per heavy atom. The molecule has 0 unspecified atom stereocenters. The highest BCUT2D eigenvalue weighted by molar-refractivity contribution is 5.51. The fourth-order valence-electron chi connectivity index (χ4n) is 0.845. The molecule has 14 heavy (non-hydrogen) atoms. The maximum Gasteiger partial charge on any atom is 0.425 e. The zero-order valence-electron chi connectivity index (χ0n) is 7.51. The van der Waals surface area contributed by atoms with Crippen LogP contribution < -0.4 is 10.5 Å². The molecule has 0 aliphatic rings. The first-order valence-electron chi connectivity index (χ1n) is 3.99. The number of nitrogen functional groups attached to an aromatic ring is 1. The lowest BCUT2D eigenvalue weighted by Gasteiger charge is -2.18. The smallest absolute Gasteiger partial charge is 0.425 e. The standard InChI is InChI=1S/C9H10F3NO/c1-6(9(10,11)12)14-8-5-3-2-4-7(8)13/h2-6H,13H2,1H3/t6-/m0/s1. The molecule has 0 spiro atoms. The second kappa shape index (κ2) is 3.77. The molecule has 0 saturated carbocycles. The van der Waals surface area contributed by atoms with Crippen molar-refractivity contribution in [3.63, 3.8) is 0 Å². The quantitative estimate of drug-likeness (QED) is 0.753. The Hall–Kier alpha value is -1.39. The Labute approximate surface area is 79.5 Å². The second-order valence-electron chi connectivity index (χ2n) is 2.84. The number of nitrogens with two attached hydrogens (primary N) is 1. The molecule has 1 atom stereocenters. The van der Waals surface area contributed by atoms with Crippen LogP contribution in [0, 0.1) is 0 Å². The van der Waals surface area contributed by atoms with E-state index in [9.17, 15) is 13.2 Å². The van der Waals surface area contributed by atoms with Gasteiger partial charge in [0.15, 0.2) is 6.10 Å². The number of para-hydroxylation sites is 2. The highest BCUT2D eigenvalue weighted by Crippen LogP contribution is 2.27. The average molecular weight is 205 g/mol. The third-order valence-corrected chi connectivity index (χ3v) is 1.68. The maximum absolute atomic E-state index is 12.1. The predicted octanol–water partition coefficient (Wildman–Crippen LogP) is 2.60. The molecule has 2 N–H and O–H groups in total. The van der Waals surface area contributed by atoms with E-state index in [2.05, 4.69) is 4.74 Å². The number of rotatable bonds is 2. The summed E-state index contributed by atoms with van der Waals surface area (Å²) in [5.74, 6) is 0.0531. The number of halogens is 3. The Morgan fingerprint density at radius 2 is 1.86 bits per heavy atom. The van der Waals surface area contributed by atoms with E-state index in [1.807, 2.05) is 0 Å². The van der Waals surface area contributed by atoms with Crippen molar-refractivity contribution in [2.45, 2.75) is 19.2 Å². The number of benzene rings is 1. The second-order valence-corrected chi connectivity index (χ2v) is 2.84. The third kappa shape index (κ3) is 2.55. The first-order valence-corrected chi connectivity index (χ1v) is 3.99. The minimum Gasteiger partial charge on any atom is -0.479 e. The maximum atomic E-state index is 12.1. The van der Waals surface area contributed by atoms with Crippen LogP contribution in [0.1, 0.15) is 6.92 Å². The van der Waals surface area contributed by atoms with Crippen molar-refractivity contribution in [1.82, 2.24) is 0 Å². The summed E-state index contributed by atoms with van der Waals surface area (Å²) in [4.78, 5) is 0. The Morgan fingerprint density at radius 3 is 2.36 bits per heavy atom. The minimum absolute atomic E-state index is 0.0531. The molecule has 0 saturated heterocycles. The van der Waals surface area contributed by atoms with E-state index in [0.29, 0.717) is 0 Å². The topological polar surface area (TPSA) is 35.2 Å². The van der Waals surface area contributed by atoms with Crippen LogP contribution >= 0.6 is 0 Å². The zero-order valence-corrected chi connectivity index (χ0v) is 7.51. The van der Waals surface area contributed by atoms with Gasteiger partial charge < -0.3 is 10.5 Å². The molecule has 1 aromatic carbocycles. The predicted molar refractivity (Wildman–Crippen MR) is 47.0 cm³/mol. The summed E-state index contributed by atoms with van der Waals surface area (Å²) in [7, 11) is 0. The summed E-state index contributed by atoms with van der Waals surface area (Å²) in [5, 5.41) is 0. The van der Waals surface area contributed by atoms with Gasteiger partial charge in [0.1, 0.15) is 5.75 Å². The lowest BCUT2D eigenvalue weighted by molar-refractivity contribution is -0.189. The van der Waals surface area contributed by atoms with Crippen LogP contribution in [0.2, 0.25) is 0 Å². The number of anilines is 1.